The first-order valence-electron chi connectivity index (χ1n) is 9.04. The normalized spacial score (nSPS) is 10.8. The number of nitrogens with zero attached hydrogens (tertiary/aromatic N) is 2. The molecule has 0 N–H and O–H groups in total. The number of benzene rings is 3. The second-order valence-electron chi connectivity index (χ2n) is 6.28. The molecule has 0 unspecified atom stereocenters. The zero-order chi connectivity index (χ0) is 20.1. The van der Waals surface area contributed by atoms with Gasteiger partial charge in [0.25, 0.3) is 0 Å². The van der Waals surface area contributed by atoms with Gasteiger partial charge in [0.05, 0.1) is 11.3 Å². The van der Waals surface area contributed by atoms with E-state index in [-0.39, 0.29) is 24.0 Å². The summed E-state index contributed by atoms with van der Waals surface area (Å²) in [5, 5.41) is 1.60. The zero-order valence-electron chi connectivity index (χ0n) is 15.4. The van der Waals surface area contributed by atoms with E-state index in [2.05, 4.69) is 9.97 Å². The molecule has 0 bridgehead atoms. The molecule has 0 aliphatic carbocycles. The third-order valence-electron chi connectivity index (χ3n) is 4.23. The first-order chi connectivity index (χ1) is 14.2. The smallest absolute Gasteiger partial charge is 0.173 e. The Morgan fingerprint density at radius 2 is 1.62 bits per heavy atom. The van der Waals surface area contributed by atoms with E-state index >= 15 is 0 Å². The highest BCUT2D eigenvalue weighted by atomic mass is 32.2. The van der Waals surface area contributed by atoms with Crippen molar-refractivity contribution in [1.29, 1.82) is 0 Å². The first kappa shape index (κ1) is 19.1. The fourth-order valence-corrected chi connectivity index (χ4v) is 3.72. The van der Waals surface area contributed by atoms with Crippen LogP contribution in [0.2, 0.25) is 0 Å². The second kappa shape index (κ2) is 8.84. The molecule has 0 saturated heterocycles. The fourth-order valence-electron chi connectivity index (χ4n) is 2.79. The minimum absolute atomic E-state index is 0.0835. The predicted molar refractivity (Wildman–Crippen MR) is 112 cm³/mol. The summed E-state index contributed by atoms with van der Waals surface area (Å²) in [5.74, 6) is 1.04. The van der Waals surface area contributed by atoms with Crippen molar-refractivity contribution in [3.05, 3.63) is 96.1 Å². The van der Waals surface area contributed by atoms with Gasteiger partial charge in [-0.1, -0.05) is 48.2 Å². The summed E-state index contributed by atoms with van der Waals surface area (Å²) in [7, 11) is 0. The summed E-state index contributed by atoms with van der Waals surface area (Å²) in [4.78, 5) is 21.6. The van der Waals surface area contributed by atoms with Gasteiger partial charge < -0.3 is 4.74 Å². The predicted octanol–water partition coefficient (Wildman–Crippen LogP) is 5.32. The molecule has 144 valence electrons. The van der Waals surface area contributed by atoms with Gasteiger partial charge in [0.1, 0.15) is 23.2 Å². The van der Waals surface area contributed by atoms with Crippen LogP contribution in [0.1, 0.15) is 16.2 Å². The molecule has 0 spiro atoms. The summed E-state index contributed by atoms with van der Waals surface area (Å²) in [6.07, 6.45) is 0. The summed E-state index contributed by atoms with van der Waals surface area (Å²) in [5.41, 5.74) is 1.27. The highest BCUT2D eigenvalue weighted by molar-refractivity contribution is 8.00. The Kier molecular flexibility index (Phi) is 5.81. The van der Waals surface area contributed by atoms with E-state index in [0.29, 0.717) is 11.4 Å². The molecule has 0 radical (unpaired) electrons. The van der Waals surface area contributed by atoms with E-state index in [0.717, 1.165) is 21.7 Å². The lowest BCUT2D eigenvalue weighted by Gasteiger charge is -2.09. The maximum absolute atomic E-state index is 13.1. The van der Waals surface area contributed by atoms with Gasteiger partial charge in [0.2, 0.25) is 0 Å². The monoisotopic (exact) mass is 404 g/mol. The van der Waals surface area contributed by atoms with Gasteiger partial charge in [-0.2, -0.15) is 0 Å². The minimum Gasteiger partial charge on any atom is -0.486 e. The molecule has 4 rings (SSSR count). The van der Waals surface area contributed by atoms with Crippen molar-refractivity contribution in [2.24, 2.45) is 0 Å². The van der Waals surface area contributed by atoms with Gasteiger partial charge in [-0.05, 0) is 42.5 Å². The van der Waals surface area contributed by atoms with Gasteiger partial charge in [0.15, 0.2) is 11.6 Å². The number of ether oxygens (including phenoxy) is 1. The third-order valence-corrected chi connectivity index (χ3v) is 5.22. The van der Waals surface area contributed by atoms with Crippen LogP contribution >= 0.6 is 11.8 Å². The van der Waals surface area contributed by atoms with Crippen molar-refractivity contribution < 1.29 is 13.9 Å². The Morgan fingerprint density at radius 3 is 2.41 bits per heavy atom. The molecule has 0 aliphatic heterocycles. The molecular formula is C23H17FN2O2S. The standard InChI is InChI=1S/C23H17FN2O2S/c24-17-12-10-16(11-13-17)21(27)15-29-23-19-8-4-5-9-20(19)25-22(26-23)14-28-18-6-2-1-3-7-18/h1-13H,14-15H2. The lowest BCUT2D eigenvalue weighted by Crippen LogP contribution is -2.06. The number of para-hydroxylation sites is 2. The van der Waals surface area contributed by atoms with Crippen molar-refractivity contribution in [1.82, 2.24) is 9.97 Å². The Labute approximate surface area is 171 Å². The van der Waals surface area contributed by atoms with Crippen LogP contribution in [0.3, 0.4) is 0 Å². The van der Waals surface area contributed by atoms with Crippen LogP contribution < -0.4 is 4.74 Å². The number of fused-ring (bicyclic) bond motifs is 1. The average Bonchev–Trinajstić information content (AvgIpc) is 2.77. The van der Waals surface area contributed by atoms with E-state index in [1.807, 2.05) is 54.6 Å². The van der Waals surface area contributed by atoms with E-state index in [1.54, 1.807) is 0 Å². The molecule has 1 heterocycles. The summed E-state index contributed by atoms with van der Waals surface area (Å²) < 4.78 is 18.8. The molecule has 3 aromatic carbocycles. The summed E-state index contributed by atoms with van der Waals surface area (Å²) >= 11 is 1.34. The maximum Gasteiger partial charge on any atom is 0.173 e. The van der Waals surface area contributed by atoms with Crippen LogP contribution in [0.5, 0.6) is 5.75 Å². The molecule has 0 fully saturated rings. The van der Waals surface area contributed by atoms with Gasteiger partial charge in [-0.3, -0.25) is 4.79 Å². The van der Waals surface area contributed by atoms with Crippen LogP contribution in [0.15, 0.2) is 83.9 Å². The van der Waals surface area contributed by atoms with Crippen molar-refractivity contribution in [2.75, 3.05) is 5.75 Å². The van der Waals surface area contributed by atoms with Crippen LogP contribution in [0.4, 0.5) is 4.39 Å². The van der Waals surface area contributed by atoms with Crippen molar-refractivity contribution in [3.8, 4) is 5.75 Å². The molecule has 4 aromatic rings. The zero-order valence-corrected chi connectivity index (χ0v) is 16.2. The second-order valence-corrected chi connectivity index (χ2v) is 7.25. The van der Waals surface area contributed by atoms with Crippen LogP contribution in [0, 0.1) is 5.82 Å². The molecule has 0 amide bonds. The van der Waals surface area contributed by atoms with E-state index in [4.69, 9.17) is 4.74 Å². The SMILES string of the molecule is O=C(CSc1nc(COc2ccccc2)nc2ccccc12)c1ccc(F)cc1. The molecule has 1 aromatic heterocycles. The number of hydrogen-bond donors (Lipinski definition) is 0. The number of thioether (sulfide) groups is 1. The van der Waals surface area contributed by atoms with Gasteiger partial charge in [-0.25, -0.2) is 14.4 Å². The molecule has 0 aliphatic rings. The molecule has 0 atom stereocenters. The first-order valence-corrected chi connectivity index (χ1v) is 10.0. The van der Waals surface area contributed by atoms with E-state index in [1.165, 1.54) is 36.0 Å². The maximum atomic E-state index is 13.1. The molecule has 0 saturated carbocycles. The van der Waals surface area contributed by atoms with Crippen molar-refractivity contribution >= 4 is 28.4 Å². The Morgan fingerprint density at radius 1 is 0.897 bits per heavy atom. The number of Topliss-reactive ketones (excluding diaryl/α,β-unsaturated/α-hetero) is 1. The lowest BCUT2D eigenvalue weighted by molar-refractivity contribution is 0.102. The van der Waals surface area contributed by atoms with Crippen LogP contribution in [0.25, 0.3) is 10.9 Å². The molecule has 29 heavy (non-hydrogen) atoms. The van der Waals surface area contributed by atoms with Crippen LogP contribution in [-0.4, -0.2) is 21.5 Å². The minimum atomic E-state index is -0.362. The van der Waals surface area contributed by atoms with Crippen LogP contribution in [-0.2, 0) is 6.61 Å². The number of rotatable bonds is 7. The summed E-state index contributed by atoms with van der Waals surface area (Å²) in [6, 6.07) is 22.7. The third kappa shape index (κ3) is 4.78. The number of aromatic nitrogens is 2. The lowest BCUT2D eigenvalue weighted by atomic mass is 10.1. The topological polar surface area (TPSA) is 52.1 Å². The molecule has 6 heteroatoms. The highest BCUT2D eigenvalue weighted by Gasteiger charge is 2.12. The Hall–Kier alpha value is -3.25. The van der Waals surface area contributed by atoms with Crippen molar-refractivity contribution in [2.45, 2.75) is 11.6 Å². The van der Waals surface area contributed by atoms with Gasteiger partial charge in [-0.15, -0.1) is 0 Å². The average molecular weight is 404 g/mol. The number of carbonyl (C=O) groups excluding carboxylic acids is 1. The van der Waals surface area contributed by atoms with Gasteiger partial charge >= 0.3 is 0 Å². The Balaban J connectivity index is 1.54. The highest BCUT2D eigenvalue weighted by Crippen LogP contribution is 2.26. The largest absolute Gasteiger partial charge is 0.486 e. The number of carbonyl (C=O) groups is 1. The quantitative estimate of drug-likeness (QED) is 0.237. The molecule has 4 nitrogen and oxygen atoms in total. The fraction of sp³-hybridized carbons (Fsp3) is 0.0870. The van der Waals surface area contributed by atoms with Crippen molar-refractivity contribution in [3.63, 3.8) is 0 Å². The molecular weight excluding hydrogens is 387 g/mol. The number of halogens is 1. The van der Waals surface area contributed by atoms with Gasteiger partial charge in [0, 0.05) is 10.9 Å². The van der Waals surface area contributed by atoms with E-state index in [9.17, 15) is 9.18 Å². The Bertz CT molecular complexity index is 1130. The summed E-state index contributed by atoms with van der Waals surface area (Å²) in [6.45, 7) is 0.230. The van der Waals surface area contributed by atoms with E-state index < -0.39 is 0 Å². The number of hydrogen-bond acceptors (Lipinski definition) is 5. The number of ketones is 1.